The summed E-state index contributed by atoms with van der Waals surface area (Å²) in [6.07, 6.45) is 1.97. The van der Waals surface area contributed by atoms with E-state index in [9.17, 15) is 9.18 Å². The number of hydrogen-bond acceptors (Lipinski definition) is 4. The number of rotatable bonds is 5. The van der Waals surface area contributed by atoms with Crippen molar-refractivity contribution in [2.45, 2.75) is 45.1 Å². The highest BCUT2D eigenvalue weighted by atomic mass is 19.1. The first-order chi connectivity index (χ1) is 12.4. The van der Waals surface area contributed by atoms with Crippen molar-refractivity contribution >= 4 is 5.91 Å². The van der Waals surface area contributed by atoms with Crippen LogP contribution in [0.1, 0.15) is 54.5 Å². The zero-order valence-electron chi connectivity index (χ0n) is 15.6. The highest BCUT2D eigenvalue weighted by molar-refractivity contribution is 5.93. The number of carbonyl (C=O) groups is 1. The van der Waals surface area contributed by atoms with Gasteiger partial charge in [-0.1, -0.05) is 31.2 Å². The molecule has 0 saturated carbocycles. The fourth-order valence-electron chi connectivity index (χ4n) is 3.35. The summed E-state index contributed by atoms with van der Waals surface area (Å²) in [4.78, 5) is 12.6. The highest BCUT2D eigenvalue weighted by Gasteiger charge is 2.26. The Kier molecular flexibility index (Phi) is 5.36. The summed E-state index contributed by atoms with van der Waals surface area (Å²) in [6.45, 7) is 8.12. The molecule has 1 aromatic carbocycles. The summed E-state index contributed by atoms with van der Waals surface area (Å²) in [5.41, 5.74) is 1.60. The summed E-state index contributed by atoms with van der Waals surface area (Å²) in [6, 6.07) is 6.76. The van der Waals surface area contributed by atoms with Gasteiger partial charge in [0.25, 0.3) is 5.91 Å². The van der Waals surface area contributed by atoms with Crippen LogP contribution in [0.15, 0.2) is 24.3 Å². The molecule has 0 unspecified atom stereocenters. The van der Waals surface area contributed by atoms with Crippen LogP contribution in [-0.2, 0) is 5.41 Å². The van der Waals surface area contributed by atoms with Crippen LogP contribution in [0.25, 0.3) is 0 Å². The third kappa shape index (κ3) is 3.93. The molecule has 1 aliphatic rings. The second-order valence-electron chi connectivity index (χ2n) is 7.53. The molecular formula is C19H26FN5O. The normalized spacial score (nSPS) is 15.8. The summed E-state index contributed by atoms with van der Waals surface area (Å²) in [7, 11) is 0. The molecule has 2 N–H and O–H groups in total. The van der Waals surface area contributed by atoms with E-state index in [1.165, 1.54) is 12.1 Å². The minimum Gasteiger partial charge on any atom is -0.350 e. The standard InChI is InChI=1S/C19H26FN5O/c1-13-17(23-24-25(13)16-7-9-21-10-8-16)18(26)22-12-19(2,3)14-5-4-6-15(20)11-14/h4-6,11,16,21H,7-10,12H2,1-3H3,(H,22,26). The van der Waals surface area contributed by atoms with E-state index in [2.05, 4.69) is 20.9 Å². The average molecular weight is 359 g/mol. The molecule has 1 fully saturated rings. The number of halogens is 1. The van der Waals surface area contributed by atoms with Crippen molar-refractivity contribution in [2.24, 2.45) is 0 Å². The van der Waals surface area contributed by atoms with E-state index in [4.69, 9.17) is 0 Å². The monoisotopic (exact) mass is 359 g/mol. The van der Waals surface area contributed by atoms with Gasteiger partial charge in [0.05, 0.1) is 11.7 Å². The molecule has 1 saturated heterocycles. The number of amides is 1. The second-order valence-corrected chi connectivity index (χ2v) is 7.53. The Morgan fingerprint density at radius 1 is 1.38 bits per heavy atom. The Hall–Kier alpha value is -2.28. The van der Waals surface area contributed by atoms with Crippen molar-refractivity contribution < 1.29 is 9.18 Å². The lowest BCUT2D eigenvalue weighted by molar-refractivity contribution is 0.0940. The van der Waals surface area contributed by atoms with Crippen LogP contribution >= 0.6 is 0 Å². The van der Waals surface area contributed by atoms with Gasteiger partial charge in [0.1, 0.15) is 5.82 Å². The molecule has 1 aromatic heterocycles. The fraction of sp³-hybridized carbons (Fsp3) is 0.526. The quantitative estimate of drug-likeness (QED) is 0.860. The Morgan fingerprint density at radius 2 is 2.12 bits per heavy atom. The number of piperidine rings is 1. The summed E-state index contributed by atoms with van der Waals surface area (Å²) in [5, 5.41) is 14.5. The van der Waals surface area contributed by atoms with Crippen LogP contribution in [0.5, 0.6) is 0 Å². The van der Waals surface area contributed by atoms with Gasteiger partial charge in [0.15, 0.2) is 5.69 Å². The number of nitrogens with one attached hydrogen (secondary N) is 2. The van der Waals surface area contributed by atoms with E-state index in [0.717, 1.165) is 37.2 Å². The summed E-state index contributed by atoms with van der Waals surface area (Å²) >= 11 is 0. The van der Waals surface area contributed by atoms with E-state index in [1.807, 2.05) is 31.5 Å². The minimum absolute atomic E-state index is 0.243. The number of aromatic nitrogens is 3. The molecule has 2 heterocycles. The van der Waals surface area contributed by atoms with Gasteiger partial charge in [-0.15, -0.1) is 5.10 Å². The molecule has 0 bridgehead atoms. The van der Waals surface area contributed by atoms with E-state index in [-0.39, 0.29) is 17.8 Å². The maximum Gasteiger partial charge on any atom is 0.273 e. The zero-order valence-corrected chi connectivity index (χ0v) is 15.6. The number of hydrogen-bond donors (Lipinski definition) is 2. The molecule has 140 valence electrons. The SMILES string of the molecule is Cc1c(C(=O)NCC(C)(C)c2cccc(F)c2)nnn1C1CCNCC1. The maximum atomic E-state index is 13.5. The van der Waals surface area contributed by atoms with Gasteiger partial charge in [0.2, 0.25) is 0 Å². The van der Waals surface area contributed by atoms with Crippen LogP contribution < -0.4 is 10.6 Å². The van der Waals surface area contributed by atoms with Gasteiger partial charge in [-0.3, -0.25) is 4.79 Å². The van der Waals surface area contributed by atoms with Crippen LogP contribution in [-0.4, -0.2) is 40.5 Å². The third-order valence-electron chi connectivity index (χ3n) is 5.09. The topological polar surface area (TPSA) is 71.8 Å². The Morgan fingerprint density at radius 3 is 2.81 bits per heavy atom. The largest absolute Gasteiger partial charge is 0.350 e. The van der Waals surface area contributed by atoms with Crippen molar-refractivity contribution in [2.75, 3.05) is 19.6 Å². The molecule has 2 aromatic rings. The van der Waals surface area contributed by atoms with Gasteiger partial charge in [-0.05, 0) is 50.6 Å². The molecule has 0 spiro atoms. The molecule has 26 heavy (non-hydrogen) atoms. The third-order valence-corrected chi connectivity index (χ3v) is 5.09. The van der Waals surface area contributed by atoms with Crippen molar-refractivity contribution in [3.05, 3.63) is 47.0 Å². The van der Waals surface area contributed by atoms with E-state index < -0.39 is 5.41 Å². The molecule has 1 amide bonds. The molecule has 1 aliphatic heterocycles. The van der Waals surface area contributed by atoms with Gasteiger partial charge in [0, 0.05) is 12.0 Å². The Balaban J connectivity index is 1.67. The molecular weight excluding hydrogens is 333 g/mol. The van der Waals surface area contributed by atoms with E-state index in [0.29, 0.717) is 12.2 Å². The fourth-order valence-corrected chi connectivity index (χ4v) is 3.35. The predicted molar refractivity (Wildman–Crippen MR) is 97.7 cm³/mol. The lowest BCUT2D eigenvalue weighted by Crippen LogP contribution is -2.37. The number of nitrogens with zero attached hydrogens (tertiary/aromatic N) is 3. The molecule has 0 aliphatic carbocycles. The predicted octanol–water partition coefficient (Wildman–Crippen LogP) is 2.36. The van der Waals surface area contributed by atoms with Gasteiger partial charge < -0.3 is 10.6 Å². The van der Waals surface area contributed by atoms with Gasteiger partial charge >= 0.3 is 0 Å². The number of benzene rings is 1. The Bertz CT molecular complexity index is 780. The van der Waals surface area contributed by atoms with Crippen LogP contribution in [0.3, 0.4) is 0 Å². The van der Waals surface area contributed by atoms with E-state index >= 15 is 0 Å². The first kappa shape index (κ1) is 18.5. The minimum atomic E-state index is -0.392. The zero-order chi connectivity index (χ0) is 18.7. The number of carbonyl (C=O) groups excluding carboxylic acids is 1. The molecule has 0 radical (unpaired) electrons. The smallest absolute Gasteiger partial charge is 0.273 e. The first-order valence-electron chi connectivity index (χ1n) is 9.05. The molecule has 3 rings (SSSR count). The highest BCUT2D eigenvalue weighted by Crippen LogP contribution is 2.23. The molecule has 7 heteroatoms. The summed E-state index contributed by atoms with van der Waals surface area (Å²) in [5.74, 6) is -0.519. The van der Waals surface area contributed by atoms with E-state index in [1.54, 1.807) is 6.07 Å². The summed E-state index contributed by atoms with van der Waals surface area (Å²) < 4.78 is 15.3. The average Bonchev–Trinajstić information content (AvgIpc) is 3.02. The molecule has 0 atom stereocenters. The Labute approximate surface area is 153 Å². The van der Waals surface area contributed by atoms with Gasteiger partial charge in [-0.25, -0.2) is 9.07 Å². The van der Waals surface area contributed by atoms with Crippen molar-refractivity contribution in [1.82, 2.24) is 25.6 Å². The van der Waals surface area contributed by atoms with Crippen molar-refractivity contribution in [3.63, 3.8) is 0 Å². The lowest BCUT2D eigenvalue weighted by Gasteiger charge is -2.25. The first-order valence-corrected chi connectivity index (χ1v) is 9.05. The van der Waals surface area contributed by atoms with Crippen LogP contribution in [0.4, 0.5) is 4.39 Å². The molecule has 6 nitrogen and oxygen atoms in total. The van der Waals surface area contributed by atoms with Crippen LogP contribution in [0.2, 0.25) is 0 Å². The van der Waals surface area contributed by atoms with Crippen molar-refractivity contribution in [3.8, 4) is 0 Å². The van der Waals surface area contributed by atoms with Crippen LogP contribution in [0, 0.1) is 12.7 Å². The van der Waals surface area contributed by atoms with Gasteiger partial charge in [-0.2, -0.15) is 0 Å². The maximum absolute atomic E-state index is 13.5. The van der Waals surface area contributed by atoms with Crippen molar-refractivity contribution in [1.29, 1.82) is 0 Å². The second kappa shape index (κ2) is 7.53. The lowest BCUT2D eigenvalue weighted by atomic mass is 9.84.